The van der Waals surface area contributed by atoms with Gasteiger partial charge < -0.3 is 19.9 Å². The highest BCUT2D eigenvalue weighted by Gasteiger charge is 2.27. The summed E-state index contributed by atoms with van der Waals surface area (Å²) in [4.78, 5) is 0. The number of thiol groups is 1. The number of aryl methyl sites for hydroxylation is 1. The second kappa shape index (κ2) is 10.4. The quantitative estimate of drug-likeness (QED) is 0.336. The largest absolute Gasteiger partial charge is 0.508 e. The van der Waals surface area contributed by atoms with E-state index in [2.05, 4.69) is 50.9 Å². The number of hydrogen-bond donors (Lipinski definition) is 3. The number of phenolic OH excluding ortho intramolecular Hbond substituents is 1. The number of allylic oxidation sites excluding steroid dienone is 1. The molecule has 0 bridgehead atoms. The summed E-state index contributed by atoms with van der Waals surface area (Å²) in [5.41, 5.74) is 6.66. The molecule has 3 aromatic carbocycles. The minimum Gasteiger partial charge on any atom is -0.508 e. The summed E-state index contributed by atoms with van der Waals surface area (Å²) in [5.74, 6) is 0.882. The Morgan fingerprint density at radius 2 is 1.68 bits per heavy atom. The van der Waals surface area contributed by atoms with Crippen LogP contribution in [0.2, 0.25) is 0 Å². The minimum absolute atomic E-state index is 0.135. The van der Waals surface area contributed by atoms with E-state index in [1.165, 1.54) is 12.1 Å². The van der Waals surface area contributed by atoms with Gasteiger partial charge in [-0.25, -0.2) is 4.39 Å². The molecule has 1 aliphatic rings. The van der Waals surface area contributed by atoms with Crippen LogP contribution in [0.15, 0.2) is 54.6 Å². The number of fused-ring (bicyclic) bond motifs is 1. The monoisotopic (exact) mass is 481 g/mol. The molecule has 4 rings (SSSR count). The molecule has 0 fully saturated rings. The maximum Gasteiger partial charge on any atom is 0.130 e. The molecule has 0 saturated carbocycles. The zero-order valence-corrected chi connectivity index (χ0v) is 21.4. The molecule has 0 saturated heterocycles. The van der Waals surface area contributed by atoms with E-state index in [0.717, 1.165) is 39.1 Å². The van der Waals surface area contributed by atoms with Crippen LogP contribution in [-0.2, 0) is 6.61 Å². The topological polar surface area (TPSA) is 50.7 Å². The van der Waals surface area contributed by atoms with E-state index in [4.69, 9.17) is 9.47 Å². The Balaban J connectivity index is 0.00000158. The number of phenols is 1. The molecule has 1 aliphatic heterocycles. The average molecular weight is 482 g/mol. The maximum atomic E-state index is 13.8. The van der Waals surface area contributed by atoms with E-state index in [9.17, 15) is 9.50 Å². The lowest BCUT2D eigenvalue weighted by atomic mass is 9.85. The van der Waals surface area contributed by atoms with E-state index >= 15 is 0 Å². The number of anilines is 1. The number of halogens is 1. The van der Waals surface area contributed by atoms with Crippen molar-refractivity contribution in [2.45, 2.75) is 39.8 Å². The average Bonchev–Trinajstić information content (AvgIpc) is 2.80. The third kappa shape index (κ3) is 5.33. The first-order valence-corrected chi connectivity index (χ1v) is 11.9. The van der Waals surface area contributed by atoms with Crippen molar-refractivity contribution in [1.82, 2.24) is 0 Å². The zero-order chi connectivity index (χ0) is 25.0. The molecule has 0 aromatic heterocycles. The van der Waals surface area contributed by atoms with Crippen LogP contribution in [-0.4, -0.2) is 24.0 Å². The Kier molecular flexibility index (Phi) is 7.82. The van der Waals surface area contributed by atoms with Gasteiger partial charge in [-0.2, -0.15) is 12.6 Å². The number of aromatic hydroxyl groups is 1. The molecule has 0 radical (unpaired) electrons. The normalized spacial score (nSPS) is 13.6. The highest BCUT2D eigenvalue weighted by atomic mass is 32.1. The van der Waals surface area contributed by atoms with Crippen molar-refractivity contribution in [3.05, 3.63) is 77.1 Å². The molecule has 0 amide bonds. The van der Waals surface area contributed by atoms with Gasteiger partial charge in [0.25, 0.3) is 0 Å². The first-order valence-electron chi connectivity index (χ1n) is 11.0. The number of benzene rings is 3. The molecule has 34 heavy (non-hydrogen) atoms. The van der Waals surface area contributed by atoms with Crippen molar-refractivity contribution in [2.24, 2.45) is 0 Å². The predicted octanol–water partition coefficient (Wildman–Crippen LogP) is 7.25. The fourth-order valence-electron chi connectivity index (χ4n) is 4.38. The first-order chi connectivity index (χ1) is 16.2. The summed E-state index contributed by atoms with van der Waals surface area (Å²) >= 11 is 3.53. The van der Waals surface area contributed by atoms with Crippen molar-refractivity contribution < 1.29 is 19.0 Å². The summed E-state index contributed by atoms with van der Waals surface area (Å²) < 4.78 is 25.5. The molecule has 180 valence electrons. The fraction of sp³-hybridized carbons (Fsp3) is 0.286. The van der Waals surface area contributed by atoms with Crippen LogP contribution < -0.4 is 14.8 Å². The molecule has 2 N–H and O–H groups in total. The smallest absolute Gasteiger partial charge is 0.130 e. The highest BCUT2D eigenvalue weighted by Crippen LogP contribution is 2.43. The van der Waals surface area contributed by atoms with Gasteiger partial charge in [0, 0.05) is 34.5 Å². The Labute approximate surface area is 206 Å². The summed E-state index contributed by atoms with van der Waals surface area (Å²) in [6.45, 7) is 8.50. The van der Waals surface area contributed by atoms with E-state index < -0.39 is 0 Å². The van der Waals surface area contributed by atoms with E-state index in [1.807, 2.05) is 19.1 Å². The van der Waals surface area contributed by atoms with Gasteiger partial charge in [-0.15, -0.1) is 0 Å². The predicted molar refractivity (Wildman–Crippen MR) is 142 cm³/mol. The van der Waals surface area contributed by atoms with Gasteiger partial charge in [0.05, 0.1) is 12.6 Å². The van der Waals surface area contributed by atoms with Crippen LogP contribution >= 0.6 is 12.6 Å². The van der Waals surface area contributed by atoms with Gasteiger partial charge in [-0.05, 0) is 74.9 Å². The van der Waals surface area contributed by atoms with E-state index in [-0.39, 0.29) is 23.7 Å². The standard InChI is InChI=1S/C27H28FNO3.CH4S/c1-16-6-7-18(28)12-24(16)32-15-22-20(21-9-8-19(30)13-25(21)31-5)10-11-23-26(22)17(2)14-27(3,4)29-23;1-2/h6-14,29-30H,15H2,1-5H3;2H,1H3. The van der Waals surface area contributed by atoms with Crippen molar-refractivity contribution in [2.75, 3.05) is 18.7 Å². The minimum atomic E-state index is -0.333. The zero-order valence-electron chi connectivity index (χ0n) is 20.5. The number of hydrogen-bond acceptors (Lipinski definition) is 5. The SMILES string of the molecule is COc1cc(O)ccc1-c1ccc2c(c1COc1cc(F)ccc1C)C(C)=CC(C)(C)N2.CS. The Hall–Kier alpha value is -3.12. The molecule has 1 heterocycles. The van der Waals surface area contributed by atoms with Crippen molar-refractivity contribution in [1.29, 1.82) is 0 Å². The van der Waals surface area contributed by atoms with E-state index in [0.29, 0.717) is 11.5 Å². The van der Waals surface area contributed by atoms with Crippen LogP contribution in [0.3, 0.4) is 0 Å². The number of rotatable bonds is 5. The van der Waals surface area contributed by atoms with Gasteiger partial charge >= 0.3 is 0 Å². The lowest BCUT2D eigenvalue weighted by Gasteiger charge is -2.33. The Morgan fingerprint density at radius 3 is 2.38 bits per heavy atom. The van der Waals surface area contributed by atoms with Crippen LogP contribution in [0.5, 0.6) is 17.2 Å². The van der Waals surface area contributed by atoms with Crippen LogP contribution in [0.25, 0.3) is 16.7 Å². The van der Waals surface area contributed by atoms with Crippen LogP contribution in [0.1, 0.15) is 37.5 Å². The molecule has 0 atom stereocenters. The molecule has 3 aromatic rings. The molecular weight excluding hydrogens is 449 g/mol. The summed E-state index contributed by atoms with van der Waals surface area (Å²) in [5, 5.41) is 13.5. The summed E-state index contributed by atoms with van der Waals surface area (Å²) in [6.07, 6.45) is 3.89. The molecule has 0 spiro atoms. The first kappa shape index (κ1) is 25.5. The van der Waals surface area contributed by atoms with Crippen molar-refractivity contribution >= 4 is 23.9 Å². The van der Waals surface area contributed by atoms with Gasteiger partial charge in [-0.3, -0.25) is 0 Å². The summed E-state index contributed by atoms with van der Waals surface area (Å²) in [7, 11) is 1.58. The van der Waals surface area contributed by atoms with Gasteiger partial charge in [-0.1, -0.05) is 18.2 Å². The van der Waals surface area contributed by atoms with Gasteiger partial charge in [0.2, 0.25) is 0 Å². The van der Waals surface area contributed by atoms with E-state index in [1.54, 1.807) is 31.6 Å². The molecule has 6 heteroatoms. The third-order valence-corrected chi connectivity index (χ3v) is 5.74. The lowest BCUT2D eigenvalue weighted by molar-refractivity contribution is 0.302. The molecule has 0 unspecified atom stereocenters. The number of methoxy groups -OCH3 is 1. The second-order valence-electron chi connectivity index (χ2n) is 8.77. The fourth-order valence-corrected chi connectivity index (χ4v) is 4.38. The number of ether oxygens (including phenoxy) is 2. The van der Waals surface area contributed by atoms with Gasteiger partial charge in [0.15, 0.2) is 0 Å². The highest BCUT2D eigenvalue weighted by molar-refractivity contribution is 7.79. The van der Waals surface area contributed by atoms with Gasteiger partial charge in [0.1, 0.15) is 29.7 Å². The van der Waals surface area contributed by atoms with Crippen molar-refractivity contribution in [3.8, 4) is 28.4 Å². The van der Waals surface area contributed by atoms with Crippen molar-refractivity contribution in [3.63, 3.8) is 0 Å². The molecule has 4 nitrogen and oxygen atoms in total. The third-order valence-electron chi connectivity index (χ3n) is 5.74. The Bertz CT molecular complexity index is 1220. The lowest BCUT2D eigenvalue weighted by Crippen LogP contribution is -2.32. The molecule has 0 aliphatic carbocycles. The maximum absolute atomic E-state index is 13.8. The van der Waals surface area contributed by atoms with Crippen LogP contribution in [0, 0.1) is 12.7 Å². The van der Waals surface area contributed by atoms with Crippen LogP contribution in [0.4, 0.5) is 10.1 Å². The second-order valence-corrected chi connectivity index (χ2v) is 8.77. The summed E-state index contributed by atoms with van der Waals surface area (Å²) in [6, 6.07) is 13.7. The molecular formula is C28H32FNO3S. The Morgan fingerprint density at radius 1 is 0.971 bits per heavy atom. The number of nitrogens with one attached hydrogen (secondary N) is 1.